The number of hydrogen-bond donors (Lipinski definition) is 0. The quantitative estimate of drug-likeness (QED) is 0.630. The number of aromatic nitrogens is 2. The maximum Gasteiger partial charge on any atom is 0.273 e. The fraction of sp³-hybridized carbons (Fsp3) is 0.214. The molecule has 0 bridgehead atoms. The van der Waals surface area contributed by atoms with Crippen LogP contribution in [0.25, 0.3) is 0 Å². The zero-order chi connectivity index (χ0) is 14.3. The predicted octanol–water partition coefficient (Wildman–Crippen LogP) is 3.50. The van der Waals surface area contributed by atoms with Crippen molar-refractivity contribution in [1.29, 1.82) is 0 Å². The van der Waals surface area contributed by atoms with Crippen LogP contribution in [0.2, 0.25) is 10.4 Å². The van der Waals surface area contributed by atoms with Gasteiger partial charge in [-0.2, -0.15) is 0 Å². The molecule has 0 fully saturated rings. The summed E-state index contributed by atoms with van der Waals surface area (Å²) in [5.41, 5.74) is 2.01. The molecule has 0 N–H and O–H groups in total. The summed E-state index contributed by atoms with van der Waals surface area (Å²) in [6.45, 7) is 2.42. The monoisotopic (exact) mass is 307 g/mol. The van der Waals surface area contributed by atoms with Gasteiger partial charge in [-0.25, -0.2) is 9.97 Å². The number of carbonyl (C=O) groups is 1. The fourth-order valence-electron chi connectivity index (χ4n) is 2.41. The number of carbonyl (C=O) groups excluding carboxylic acids is 1. The molecule has 1 aromatic carbocycles. The lowest BCUT2D eigenvalue weighted by Gasteiger charge is -2.21. The highest BCUT2D eigenvalue weighted by Gasteiger charge is 2.38. The minimum absolute atomic E-state index is 0.00383. The molecule has 0 aliphatic carbocycles. The number of hydrogen-bond acceptors (Lipinski definition) is 3. The van der Waals surface area contributed by atoms with Gasteiger partial charge >= 0.3 is 0 Å². The lowest BCUT2D eigenvalue weighted by molar-refractivity contribution is 0.0719. The second kappa shape index (κ2) is 5.04. The lowest BCUT2D eigenvalue weighted by Crippen LogP contribution is -2.26. The Morgan fingerprint density at radius 1 is 1.20 bits per heavy atom. The summed E-state index contributed by atoms with van der Waals surface area (Å²) < 4.78 is 0. The van der Waals surface area contributed by atoms with Crippen LogP contribution in [0.3, 0.4) is 0 Å². The van der Waals surface area contributed by atoms with Crippen molar-refractivity contribution < 1.29 is 4.79 Å². The van der Waals surface area contributed by atoms with Gasteiger partial charge in [-0.15, -0.1) is 0 Å². The van der Waals surface area contributed by atoms with Gasteiger partial charge in [0, 0.05) is 12.1 Å². The highest BCUT2D eigenvalue weighted by Crippen LogP contribution is 2.37. The Morgan fingerprint density at radius 2 is 1.90 bits per heavy atom. The van der Waals surface area contributed by atoms with Crippen molar-refractivity contribution >= 4 is 29.1 Å². The molecular weight excluding hydrogens is 297 g/mol. The van der Waals surface area contributed by atoms with Crippen molar-refractivity contribution in [3.8, 4) is 0 Å². The lowest BCUT2D eigenvalue weighted by atomic mass is 10.1. The summed E-state index contributed by atoms with van der Waals surface area (Å²) in [4.78, 5) is 22.1. The molecule has 0 unspecified atom stereocenters. The number of benzene rings is 1. The highest BCUT2D eigenvalue weighted by molar-refractivity contribution is 6.33. The number of halogens is 2. The van der Waals surface area contributed by atoms with Gasteiger partial charge in [-0.05, 0) is 24.1 Å². The Bertz CT molecular complexity index is 676. The zero-order valence-corrected chi connectivity index (χ0v) is 12.2. The van der Waals surface area contributed by atoms with Gasteiger partial charge in [-0.1, -0.05) is 41.9 Å². The number of nitrogens with zero attached hydrogens (tertiary/aromatic N) is 3. The van der Waals surface area contributed by atoms with Crippen molar-refractivity contribution in [3.63, 3.8) is 0 Å². The Balaban J connectivity index is 1.97. The second-order valence-electron chi connectivity index (χ2n) is 4.64. The third-order valence-corrected chi connectivity index (χ3v) is 3.87. The van der Waals surface area contributed by atoms with Crippen LogP contribution in [0, 0.1) is 0 Å². The Kier molecular flexibility index (Phi) is 3.36. The number of rotatable bonds is 2. The van der Waals surface area contributed by atoms with Gasteiger partial charge in [0.05, 0.1) is 6.04 Å². The molecule has 20 heavy (non-hydrogen) atoms. The molecular formula is C14H11Cl2N3O. The third kappa shape index (κ3) is 2.15. The summed E-state index contributed by atoms with van der Waals surface area (Å²) in [6.07, 6.45) is 0. The van der Waals surface area contributed by atoms with Crippen LogP contribution in [0.15, 0.2) is 30.3 Å². The molecule has 1 amide bonds. The van der Waals surface area contributed by atoms with Crippen LogP contribution in [-0.2, 0) is 6.54 Å². The first-order chi connectivity index (χ1) is 9.58. The van der Waals surface area contributed by atoms with Crippen molar-refractivity contribution in [2.45, 2.75) is 19.5 Å². The van der Waals surface area contributed by atoms with E-state index in [9.17, 15) is 4.79 Å². The summed E-state index contributed by atoms with van der Waals surface area (Å²) in [5, 5.41) is 0.243. The fourth-order valence-corrected chi connectivity index (χ4v) is 2.95. The van der Waals surface area contributed by atoms with Crippen molar-refractivity contribution in [2.24, 2.45) is 0 Å². The standard InChI is InChI=1S/C14H11Cl2N3O/c1-8-10-11(17-14(16)18-12(10)15)13(20)19(8)7-9-5-3-2-4-6-9/h2-6,8H,7H2,1H3/t8-/m1/s1. The second-order valence-corrected chi connectivity index (χ2v) is 5.34. The number of fused-ring (bicyclic) bond motifs is 1. The Morgan fingerprint density at radius 3 is 2.60 bits per heavy atom. The van der Waals surface area contributed by atoms with Gasteiger partial charge in [-0.3, -0.25) is 4.79 Å². The topological polar surface area (TPSA) is 46.1 Å². The molecule has 1 atom stereocenters. The average Bonchev–Trinajstić information content (AvgIpc) is 2.65. The first kappa shape index (κ1) is 13.3. The predicted molar refractivity (Wildman–Crippen MR) is 76.8 cm³/mol. The van der Waals surface area contributed by atoms with Crippen molar-refractivity contribution in [1.82, 2.24) is 14.9 Å². The van der Waals surface area contributed by atoms with Crippen molar-refractivity contribution in [3.05, 3.63) is 57.6 Å². The van der Waals surface area contributed by atoms with E-state index in [2.05, 4.69) is 9.97 Å². The molecule has 0 saturated carbocycles. The Hall–Kier alpha value is -1.65. The molecule has 2 heterocycles. The van der Waals surface area contributed by atoms with E-state index in [0.29, 0.717) is 17.8 Å². The van der Waals surface area contributed by atoms with Crippen molar-refractivity contribution in [2.75, 3.05) is 0 Å². The van der Waals surface area contributed by atoms with E-state index in [1.807, 2.05) is 37.3 Å². The normalized spacial score (nSPS) is 17.4. The van der Waals surface area contributed by atoms with Gasteiger partial charge in [0.2, 0.25) is 5.28 Å². The van der Waals surface area contributed by atoms with Crippen LogP contribution in [0.1, 0.15) is 34.6 Å². The van der Waals surface area contributed by atoms with Gasteiger partial charge in [0.1, 0.15) is 10.8 Å². The summed E-state index contributed by atoms with van der Waals surface area (Å²) in [6, 6.07) is 9.61. The van der Waals surface area contributed by atoms with E-state index in [1.165, 1.54) is 0 Å². The molecule has 2 aromatic rings. The number of amides is 1. The van der Waals surface area contributed by atoms with Crippen LogP contribution >= 0.6 is 23.2 Å². The van der Waals surface area contributed by atoms with E-state index < -0.39 is 0 Å². The maximum atomic E-state index is 12.4. The van der Waals surface area contributed by atoms with E-state index in [1.54, 1.807) is 4.90 Å². The maximum absolute atomic E-state index is 12.4. The van der Waals surface area contributed by atoms with E-state index in [4.69, 9.17) is 23.2 Å². The van der Waals surface area contributed by atoms with Gasteiger partial charge in [0.25, 0.3) is 5.91 Å². The largest absolute Gasteiger partial charge is 0.326 e. The van der Waals surface area contributed by atoms with Crippen LogP contribution < -0.4 is 0 Å². The summed E-state index contributed by atoms with van der Waals surface area (Å²) in [5.74, 6) is -0.164. The van der Waals surface area contributed by atoms with Crippen LogP contribution in [0.5, 0.6) is 0 Å². The summed E-state index contributed by atoms with van der Waals surface area (Å²) in [7, 11) is 0. The van der Waals surface area contributed by atoms with E-state index in [0.717, 1.165) is 5.56 Å². The average molecular weight is 308 g/mol. The van der Waals surface area contributed by atoms with Gasteiger partial charge < -0.3 is 4.90 Å². The van der Waals surface area contributed by atoms with Crippen LogP contribution in [0.4, 0.5) is 0 Å². The molecule has 6 heteroatoms. The molecule has 4 nitrogen and oxygen atoms in total. The van der Waals surface area contributed by atoms with E-state index >= 15 is 0 Å². The van der Waals surface area contributed by atoms with E-state index in [-0.39, 0.29) is 22.4 Å². The first-order valence-corrected chi connectivity index (χ1v) is 6.91. The van der Waals surface area contributed by atoms with Crippen LogP contribution in [-0.4, -0.2) is 20.8 Å². The molecule has 0 saturated heterocycles. The highest BCUT2D eigenvalue weighted by atomic mass is 35.5. The molecule has 1 aliphatic heterocycles. The molecule has 1 aromatic heterocycles. The Labute approximate surface area is 126 Å². The zero-order valence-electron chi connectivity index (χ0n) is 10.7. The van der Waals surface area contributed by atoms with Gasteiger partial charge in [0.15, 0.2) is 0 Å². The molecule has 0 radical (unpaired) electrons. The SMILES string of the molecule is C[C@@H]1c2c(Cl)nc(Cl)nc2C(=O)N1Cc1ccccc1. The first-order valence-electron chi connectivity index (χ1n) is 6.15. The minimum atomic E-state index is -0.164. The molecule has 1 aliphatic rings. The molecule has 3 rings (SSSR count). The molecule has 0 spiro atoms. The minimum Gasteiger partial charge on any atom is -0.326 e. The smallest absolute Gasteiger partial charge is 0.273 e. The summed E-state index contributed by atoms with van der Waals surface area (Å²) >= 11 is 11.9. The third-order valence-electron chi connectivity index (χ3n) is 3.42. The molecule has 102 valence electrons.